The van der Waals surface area contributed by atoms with Crippen LogP contribution in [0.2, 0.25) is 0 Å². The summed E-state index contributed by atoms with van der Waals surface area (Å²) in [5, 5.41) is 18.2. The summed E-state index contributed by atoms with van der Waals surface area (Å²) in [4.78, 5) is 12.3. The summed E-state index contributed by atoms with van der Waals surface area (Å²) in [6, 6.07) is 0.121. The summed E-state index contributed by atoms with van der Waals surface area (Å²) in [5.74, 6) is 0. The molecule has 1 aliphatic carbocycles. The van der Waals surface area contributed by atoms with Crippen molar-refractivity contribution in [2.45, 2.75) is 51.2 Å². The Morgan fingerprint density at radius 2 is 2.00 bits per heavy atom. The fourth-order valence-corrected chi connectivity index (χ4v) is 2.06. The van der Waals surface area contributed by atoms with Gasteiger partial charge in [-0.2, -0.15) is 0 Å². The minimum Gasteiger partial charge on any atom is -0.465 e. The van der Waals surface area contributed by atoms with Crippen LogP contribution >= 0.6 is 0 Å². The van der Waals surface area contributed by atoms with Gasteiger partial charge in [0.25, 0.3) is 0 Å². The lowest BCUT2D eigenvalue weighted by atomic mass is 9.94. The van der Waals surface area contributed by atoms with Gasteiger partial charge >= 0.3 is 6.09 Å². The first-order valence-corrected chi connectivity index (χ1v) is 5.29. The second-order valence-corrected chi connectivity index (χ2v) is 4.08. The molecular weight excluding hydrogens is 182 g/mol. The first kappa shape index (κ1) is 11.3. The van der Waals surface area contributed by atoms with Crippen LogP contribution in [0.15, 0.2) is 0 Å². The molecule has 4 heteroatoms. The van der Waals surface area contributed by atoms with Gasteiger partial charge < -0.3 is 15.1 Å². The molecule has 82 valence electrons. The van der Waals surface area contributed by atoms with Crippen molar-refractivity contribution in [1.82, 2.24) is 4.90 Å². The lowest BCUT2D eigenvalue weighted by Crippen LogP contribution is -2.44. The second kappa shape index (κ2) is 5.20. The van der Waals surface area contributed by atoms with E-state index in [9.17, 15) is 9.90 Å². The fraction of sp³-hybridized carbons (Fsp3) is 0.900. The van der Waals surface area contributed by atoms with E-state index >= 15 is 0 Å². The quantitative estimate of drug-likeness (QED) is 0.730. The molecule has 0 saturated heterocycles. The Balaban J connectivity index is 2.51. The molecule has 1 saturated carbocycles. The molecule has 0 bridgehead atoms. The molecule has 1 unspecified atom stereocenters. The van der Waals surface area contributed by atoms with Crippen molar-refractivity contribution >= 4 is 6.09 Å². The summed E-state index contributed by atoms with van der Waals surface area (Å²) in [7, 11) is 0. The van der Waals surface area contributed by atoms with Crippen molar-refractivity contribution in [2.24, 2.45) is 0 Å². The van der Waals surface area contributed by atoms with Crippen LogP contribution in [-0.2, 0) is 0 Å². The Morgan fingerprint density at radius 3 is 2.43 bits per heavy atom. The van der Waals surface area contributed by atoms with Crippen LogP contribution in [0.3, 0.4) is 0 Å². The van der Waals surface area contributed by atoms with Crippen molar-refractivity contribution in [1.29, 1.82) is 0 Å². The molecule has 1 atom stereocenters. The van der Waals surface area contributed by atoms with E-state index in [0.717, 1.165) is 25.7 Å². The molecular formula is C10H19NO3. The highest BCUT2D eigenvalue weighted by atomic mass is 16.4. The Bertz CT molecular complexity index is 188. The van der Waals surface area contributed by atoms with Gasteiger partial charge in [0.05, 0.1) is 6.10 Å². The number of carboxylic acid groups (broad SMARTS) is 1. The smallest absolute Gasteiger partial charge is 0.407 e. The maximum Gasteiger partial charge on any atom is 0.407 e. The van der Waals surface area contributed by atoms with Crippen LogP contribution < -0.4 is 0 Å². The van der Waals surface area contributed by atoms with Crippen LogP contribution in [0.5, 0.6) is 0 Å². The van der Waals surface area contributed by atoms with Gasteiger partial charge in [0.2, 0.25) is 0 Å². The highest BCUT2D eigenvalue weighted by molar-refractivity contribution is 5.65. The SMILES string of the molecule is CC(O)CN(C(=O)O)C1CCCCC1. The number of rotatable bonds is 3. The van der Waals surface area contributed by atoms with E-state index in [1.165, 1.54) is 11.3 Å². The third-order valence-corrected chi connectivity index (χ3v) is 2.72. The zero-order valence-electron chi connectivity index (χ0n) is 8.65. The van der Waals surface area contributed by atoms with Gasteiger partial charge in [0.15, 0.2) is 0 Å². The molecule has 2 N–H and O–H groups in total. The van der Waals surface area contributed by atoms with E-state index in [0.29, 0.717) is 0 Å². The van der Waals surface area contributed by atoms with E-state index in [1.54, 1.807) is 6.92 Å². The molecule has 1 rings (SSSR count). The van der Waals surface area contributed by atoms with Crippen LogP contribution in [-0.4, -0.2) is 39.9 Å². The van der Waals surface area contributed by atoms with E-state index in [4.69, 9.17) is 5.11 Å². The summed E-state index contributed by atoms with van der Waals surface area (Å²) in [5.41, 5.74) is 0. The van der Waals surface area contributed by atoms with Crippen molar-refractivity contribution in [3.8, 4) is 0 Å². The summed E-state index contributed by atoms with van der Waals surface area (Å²) in [6.45, 7) is 1.86. The van der Waals surface area contributed by atoms with Crippen LogP contribution in [0.1, 0.15) is 39.0 Å². The van der Waals surface area contributed by atoms with Crippen molar-refractivity contribution in [3.63, 3.8) is 0 Å². The average molecular weight is 201 g/mol. The Labute approximate surface area is 84.5 Å². The molecule has 1 aliphatic rings. The van der Waals surface area contributed by atoms with E-state index in [1.807, 2.05) is 0 Å². The highest BCUT2D eigenvalue weighted by Crippen LogP contribution is 2.22. The predicted molar refractivity (Wildman–Crippen MR) is 53.3 cm³/mol. The van der Waals surface area contributed by atoms with Gasteiger partial charge in [0.1, 0.15) is 0 Å². The van der Waals surface area contributed by atoms with Crippen LogP contribution in [0.4, 0.5) is 4.79 Å². The molecule has 0 heterocycles. The van der Waals surface area contributed by atoms with Crippen molar-refractivity contribution in [2.75, 3.05) is 6.54 Å². The molecule has 1 amide bonds. The molecule has 14 heavy (non-hydrogen) atoms. The largest absolute Gasteiger partial charge is 0.465 e. The monoisotopic (exact) mass is 201 g/mol. The van der Waals surface area contributed by atoms with Gasteiger partial charge in [-0.3, -0.25) is 0 Å². The lowest BCUT2D eigenvalue weighted by Gasteiger charge is -2.32. The van der Waals surface area contributed by atoms with Crippen molar-refractivity contribution in [3.05, 3.63) is 0 Å². The molecule has 0 aromatic heterocycles. The van der Waals surface area contributed by atoms with E-state index in [-0.39, 0.29) is 12.6 Å². The molecule has 0 aromatic carbocycles. The number of hydrogen-bond donors (Lipinski definition) is 2. The van der Waals surface area contributed by atoms with Gasteiger partial charge in [-0.1, -0.05) is 19.3 Å². The van der Waals surface area contributed by atoms with Gasteiger partial charge in [-0.05, 0) is 19.8 Å². The van der Waals surface area contributed by atoms with E-state index < -0.39 is 12.2 Å². The molecule has 0 aromatic rings. The Hall–Kier alpha value is -0.770. The first-order valence-electron chi connectivity index (χ1n) is 5.29. The van der Waals surface area contributed by atoms with Gasteiger partial charge in [0, 0.05) is 12.6 Å². The number of aliphatic hydroxyl groups excluding tert-OH is 1. The molecule has 0 spiro atoms. The maximum absolute atomic E-state index is 10.9. The molecule has 1 fully saturated rings. The molecule has 4 nitrogen and oxygen atoms in total. The average Bonchev–Trinajstić information content (AvgIpc) is 2.15. The van der Waals surface area contributed by atoms with Gasteiger partial charge in [-0.25, -0.2) is 4.79 Å². The van der Waals surface area contributed by atoms with Gasteiger partial charge in [-0.15, -0.1) is 0 Å². The first-order chi connectivity index (χ1) is 6.61. The van der Waals surface area contributed by atoms with Crippen LogP contribution in [0.25, 0.3) is 0 Å². The standard InChI is InChI=1S/C10H19NO3/c1-8(12)7-11(10(13)14)9-5-3-2-4-6-9/h8-9,12H,2-7H2,1H3,(H,13,14). The third-order valence-electron chi connectivity index (χ3n) is 2.72. The summed E-state index contributed by atoms with van der Waals surface area (Å²) < 4.78 is 0. The maximum atomic E-state index is 10.9. The zero-order valence-corrected chi connectivity index (χ0v) is 8.65. The number of aliphatic hydroxyl groups is 1. The topological polar surface area (TPSA) is 60.8 Å². The van der Waals surface area contributed by atoms with Crippen LogP contribution in [0, 0.1) is 0 Å². The highest BCUT2D eigenvalue weighted by Gasteiger charge is 2.25. The minimum atomic E-state index is -0.905. The summed E-state index contributed by atoms with van der Waals surface area (Å²) >= 11 is 0. The number of hydrogen-bond acceptors (Lipinski definition) is 2. The Morgan fingerprint density at radius 1 is 1.43 bits per heavy atom. The summed E-state index contributed by atoms with van der Waals surface area (Å²) in [6.07, 6.45) is 3.82. The number of carbonyl (C=O) groups is 1. The fourth-order valence-electron chi connectivity index (χ4n) is 2.06. The minimum absolute atomic E-state index is 0.121. The predicted octanol–water partition coefficient (Wildman–Crippen LogP) is 1.68. The number of nitrogens with zero attached hydrogens (tertiary/aromatic N) is 1. The molecule has 0 radical (unpaired) electrons. The Kier molecular flexibility index (Phi) is 4.20. The molecule has 0 aliphatic heterocycles. The normalized spacial score (nSPS) is 20.4. The third kappa shape index (κ3) is 3.18. The lowest BCUT2D eigenvalue weighted by molar-refractivity contribution is 0.0731. The number of amides is 1. The zero-order chi connectivity index (χ0) is 10.6. The van der Waals surface area contributed by atoms with E-state index in [2.05, 4.69) is 0 Å². The second-order valence-electron chi connectivity index (χ2n) is 4.08. The van der Waals surface area contributed by atoms with Crippen molar-refractivity contribution < 1.29 is 15.0 Å².